The van der Waals surface area contributed by atoms with Crippen LogP contribution in [0.1, 0.15) is 42.1 Å². The van der Waals surface area contributed by atoms with Gasteiger partial charge in [-0.15, -0.1) is 0 Å². The molecule has 6 heteroatoms. The Morgan fingerprint density at radius 3 is 2.37 bits per heavy atom. The molecule has 1 saturated carbocycles. The smallest absolute Gasteiger partial charge is 0.159 e. The fraction of sp³-hybridized carbons (Fsp3) is 0.156. The maximum atomic E-state index is 12.0. The highest BCUT2D eigenvalue weighted by molar-refractivity contribution is 5.95. The number of hydrogen-bond acceptors (Lipinski definition) is 5. The predicted octanol–water partition coefficient (Wildman–Crippen LogP) is 6.87. The first-order valence-electron chi connectivity index (χ1n) is 13.0. The van der Waals surface area contributed by atoms with E-state index in [0.717, 1.165) is 63.9 Å². The van der Waals surface area contributed by atoms with Gasteiger partial charge in [0.05, 0.1) is 22.8 Å². The number of carbonyl (C=O) groups excluding carboxylic acids is 1. The Morgan fingerprint density at radius 2 is 1.66 bits per heavy atom. The van der Waals surface area contributed by atoms with E-state index < -0.39 is 0 Å². The first kappa shape index (κ1) is 22.6. The lowest BCUT2D eigenvalue weighted by molar-refractivity contribution is 0.101. The summed E-state index contributed by atoms with van der Waals surface area (Å²) >= 11 is 0. The van der Waals surface area contributed by atoms with Crippen molar-refractivity contribution < 1.29 is 4.79 Å². The van der Waals surface area contributed by atoms with E-state index in [-0.39, 0.29) is 11.3 Å². The van der Waals surface area contributed by atoms with Crippen LogP contribution in [-0.4, -0.2) is 20.3 Å². The highest BCUT2D eigenvalue weighted by atomic mass is 16.1. The van der Waals surface area contributed by atoms with Gasteiger partial charge in [0.25, 0.3) is 0 Å². The molecule has 6 nitrogen and oxygen atoms in total. The number of benzene rings is 3. The van der Waals surface area contributed by atoms with Gasteiger partial charge in [0.15, 0.2) is 11.6 Å². The van der Waals surface area contributed by atoms with Crippen molar-refractivity contribution in [2.75, 3.05) is 5.32 Å². The van der Waals surface area contributed by atoms with Gasteiger partial charge in [-0.2, -0.15) is 0 Å². The largest absolute Gasteiger partial charge is 0.338 e. The molecule has 3 heterocycles. The predicted molar refractivity (Wildman–Crippen MR) is 151 cm³/mol. The van der Waals surface area contributed by atoms with Gasteiger partial charge < -0.3 is 11.1 Å². The molecule has 0 radical (unpaired) electrons. The van der Waals surface area contributed by atoms with Crippen molar-refractivity contribution in [3.8, 4) is 39.6 Å². The third kappa shape index (κ3) is 3.49. The summed E-state index contributed by atoms with van der Waals surface area (Å²) in [6.07, 6.45) is 5.00. The maximum absolute atomic E-state index is 12.0. The third-order valence-corrected chi connectivity index (χ3v) is 7.87. The van der Waals surface area contributed by atoms with Crippen molar-refractivity contribution >= 4 is 17.3 Å². The normalized spacial score (nSPS) is 14.8. The number of anilines is 2. The summed E-state index contributed by atoms with van der Waals surface area (Å²) in [5, 5.41) is 3.51. The van der Waals surface area contributed by atoms with Crippen LogP contribution >= 0.6 is 0 Å². The standard InChI is InChI=1S/C32H27N5O/c1-20(38)21-9-11-22(12-10-21)28-29(23-13-15-24(16-14-23)32(33)17-5-18-32)37-27-8-4-19-34-30(27)35-26-7-3-2-6-25(26)31(37)36-28/h2-4,6-16,19H,5,17-18,33H2,1H3,(H,34,35). The molecule has 0 amide bonds. The molecule has 38 heavy (non-hydrogen) atoms. The quantitative estimate of drug-likeness (QED) is 0.260. The minimum absolute atomic E-state index is 0.0414. The number of nitrogens with two attached hydrogens (primary N) is 1. The lowest BCUT2D eigenvalue weighted by atomic mass is 9.72. The van der Waals surface area contributed by atoms with Crippen LogP contribution in [-0.2, 0) is 5.54 Å². The van der Waals surface area contributed by atoms with Gasteiger partial charge in [0.2, 0.25) is 0 Å². The number of rotatable bonds is 4. The van der Waals surface area contributed by atoms with E-state index in [1.54, 1.807) is 13.1 Å². The number of nitrogens with zero attached hydrogens (tertiary/aromatic N) is 3. The summed E-state index contributed by atoms with van der Waals surface area (Å²) in [5.41, 5.74) is 14.9. The number of nitrogens with one attached hydrogen (secondary N) is 1. The summed E-state index contributed by atoms with van der Waals surface area (Å²) < 4.78 is 2.20. The van der Waals surface area contributed by atoms with Crippen molar-refractivity contribution in [2.45, 2.75) is 31.7 Å². The molecule has 186 valence electrons. The zero-order valence-corrected chi connectivity index (χ0v) is 21.1. The average molecular weight is 498 g/mol. The van der Waals surface area contributed by atoms with E-state index in [0.29, 0.717) is 5.56 Å². The Labute approximate surface area is 221 Å². The number of ketones is 1. The summed E-state index contributed by atoms with van der Waals surface area (Å²) in [7, 11) is 0. The van der Waals surface area contributed by atoms with Crippen LogP contribution in [0.25, 0.3) is 39.6 Å². The van der Waals surface area contributed by atoms with E-state index in [1.165, 1.54) is 12.0 Å². The molecule has 3 aromatic carbocycles. The molecule has 1 fully saturated rings. The fourth-order valence-electron chi connectivity index (χ4n) is 5.56. The number of carbonyl (C=O) groups is 1. The van der Waals surface area contributed by atoms with Crippen LogP contribution in [0, 0.1) is 0 Å². The van der Waals surface area contributed by atoms with E-state index in [1.807, 2.05) is 48.5 Å². The van der Waals surface area contributed by atoms with Crippen LogP contribution < -0.4 is 11.1 Å². The van der Waals surface area contributed by atoms with Gasteiger partial charge in [-0.3, -0.25) is 9.36 Å². The molecular formula is C32H27N5O. The highest BCUT2D eigenvalue weighted by Gasteiger charge is 2.34. The zero-order valence-electron chi connectivity index (χ0n) is 21.1. The minimum Gasteiger partial charge on any atom is -0.338 e. The molecule has 1 aliphatic carbocycles. The first-order chi connectivity index (χ1) is 18.5. The molecule has 0 bridgehead atoms. The van der Waals surface area contributed by atoms with Crippen LogP contribution in [0.4, 0.5) is 11.5 Å². The van der Waals surface area contributed by atoms with Gasteiger partial charge in [-0.05, 0) is 56.0 Å². The van der Waals surface area contributed by atoms with Crippen molar-refractivity contribution in [3.63, 3.8) is 0 Å². The number of imidazole rings is 1. The molecule has 0 saturated heterocycles. The van der Waals surface area contributed by atoms with Gasteiger partial charge in [-0.1, -0.05) is 60.7 Å². The molecule has 5 aromatic rings. The average Bonchev–Trinajstić information content (AvgIpc) is 3.26. The Kier molecular flexibility index (Phi) is 5.06. The van der Waals surface area contributed by atoms with Crippen LogP contribution in [0.3, 0.4) is 0 Å². The molecule has 7 rings (SSSR count). The Balaban J connectivity index is 1.51. The van der Waals surface area contributed by atoms with Gasteiger partial charge >= 0.3 is 0 Å². The summed E-state index contributed by atoms with van der Waals surface area (Å²) in [6.45, 7) is 1.58. The maximum Gasteiger partial charge on any atom is 0.159 e. The topological polar surface area (TPSA) is 85.8 Å². The van der Waals surface area contributed by atoms with Crippen LogP contribution in [0.15, 0.2) is 91.1 Å². The zero-order chi connectivity index (χ0) is 25.9. The second-order valence-electron chi connectivity index (χ2n) is 10.2. The Morgan fingerprint density at radius 1 is 0.921 bits per heavy atom. The monoisotopic (exact) mass is 497 g/mol. The molecule has 2 aromatic heterocycles. The number of fused-ring (bicyclic) bond motifs is 5. The molecule has 3 N–H and O–H groups in total. The number of para-hydroxylation sites is 1. The second-order valence-corrected chi connectivity index (χ2v) is 10.2. The van der Waals surface area contributed by atoms with E-state index in [2.05, 4.69) is 51.3 Å². The van der Waals surface area contributed by atoms with E-state index in [4.69, 9.17) is 10.7 Å². The van der Waals surface area contributed by atoms with Crippen LogP contribution in [0.5, 0.6) is 0 Å². The molecule has 2 aliphatic rings. The number of Topliss-reactive ketones (excluding diaryl/α,β-unsaturated/α-hetero) is 1. The minimum atomic E-state index is -0.225. The second kappa shape index (κ2) is 8.50. The fourth-order valence-corrected chi connectivity index (χ4v) is 5.56. The molecular weight excluding hydrogens is 470 g/mol. The molecule has 0 spiro atoms. The summed E-state index contributed by atoms with van der Waals surface area (Å²) in [5.74, 6) is 1.64. The third-order valence-electron chi connectivity index (χ3n) is 7.87. The Bertz CT molecular complexity index is 1700. The first-order valence-corrected chi connectivity index (χ1v) is 13.0. The van der Waals surface area contributed by atoms with Crippen molar-refractivity contribution in [3.05, 3.63) is 102 Å². The van der Waals surface area contributed by atoms with Gasteiger partial charge in [-0.25, -0.2) is 9.97 Å². The number of pyridine rings is 1. The number of hydrogen-bond donors (Lipinski definition) is 2. The Hall–Kier alpha value is -4.55. The summed E-state index contributed by atoms with van der Waals surface area (Å²) in [6, 6.07) is 28.5. The summed E-state index contributed by atoms with van der Waals surface area (Å²) in [4.78, 5) is 21.9. The van der Waals surface area contributed by atoms with Crippen LogP contribution in [0.2, 0.25) is 0 Å². The molecule has 0 atom stereocenters. The van der Waals surface area contributed by atoms with Crippen molar-refractivity contribution in [1.29, 1.82) is 0 Å². The van der Waals surface area contributed by atoms with E-state index in [9.17, 15) is 4.79 Å². The van der Waals surface area contributed by atoms with Gasteiger partial charge in [0, 0.05) is 34.0 Å². The lowest BCUT2D eigenvalue weighted by Crippen LogP contribution is -2.43. The van der Waals surface area contributed by atoms with Crippen molar-refractivity contribution in [2.24, 2.45) is 5.73 Å². The molecule has 0 unspecified atom stereocenters. The van der Waals surface area contributed by atoms with Crippen molar-refractivity contribution in [1.82, 2.24) is 14.5 Å². The SMILES string of the molecule is CC(=O)c1ccc(-c2nc3n(c2-c2ccc(C4(N)CCC4)cc2)-c2cccnc2Nc2ccccc2-3)cc1. The molecule has 1 aliphatic heterocycles. The lowest BCUT2D eigenvalue weighted by Gasteiger charge is -2.38. The highest BCUT2D eigenvalue weighted by Crippen LogP contribution is 2.45. The number of aromatic nitrogens is 3. The van der Waals surface area contributed by atoms with Gasteiger partial charge in [0.1, 0.15) is 5.82 Å². The van der Waals surface area contributed by atoms with E-state index >= 15 is 0 Å².